The maximum absolute atomic E-state index is 12.3. The zero-order valence-electron chi connectivity index (χ0n) is 10.2. The molecule has 1 aromatic rings. The first-order valence-electron chi connectivity index (χ1n) is 5.70. The topological polar surface area (TPSA) is 77.0 Å². The normalized spacial score (nSPS) is 16.7. The molecule has 2 rings (SSSR count). The number of carbonyl (C=O) groups excluding carboxylic acids is 3. The molecule has 1 saturated carbocycles. The van der Waals surface area contributed by atoms with Crippen LogP contribution in [0.4, 0.5) is 0 Å². The molecule has 0 aliphatic heterocycles. The number of thioether (sulfide) groups is 1. The van der Waals surface area contributed by atoms with Crippen LogP contribution in [-0.4, -0.2) is 33.6 Å². The van der Waals surface area contributed by atoms with Gasteiger partial charge in [-0.05, 0) is 28.6 Å². The number of Topliss-reactive ketones (excluding diaryl/α,β-unsaturated/α-hetero) is 3. The van der Waals surface area contributed by atoms with E-state index in [9.17, 15) is 14.4 Å². The lowest BCUT2D eigenvalue weighted by atomic mass is 9.83. The van der Waals surface area contributed by atoms with Gasteiger partial charge in [-0.3, -0.25) is 14.4 Å². The smallest absolute Gasteiger partial charge is 0.200 e. The maximum Gasteiger partial charge on any atom is 0.200 e. The summed E-state index contributed by atoms with van der Waals surface area (Å²) in [6, 6.07) is 0. The Labute approximate surface area is 122 Å². The van der Waals surface area contributed by atoms with Crippen molar-refractivity contribution in [1.29, 1.82) is 0 Å². The molecule has 1 aromatic heterocycles. The van der Waals surface area contributed by atoms with Crippen molar-refractivity contribution < 1.29 is 14.4 Å². The number of ketones is 3. The molecule has 1 aliphatic rings. The van der Waals surface area contributed by atoms with Crippen molar-refractivity contribution in [2.24, 2.45) is 5.92 Å². The standard InChI is InChI=1S/C12H11BrN2O3S/c1-19-12-14-5-6(13)10(15-12)11(18)9-7(16)3-2-4-8(9)17/h5,9H,2-4H2,1H3. The van der Waals surface area contributed by atoms with Crippen molar-refractivity contribution in [2.75, 3.05) is 6.26 Å². The second-order valence-corrected chi connectivity index (χ2v) is 5.76. The van der Waals surface area contributed by atoms with E-state index in [4.69, 9.17) is 0 Å². The van der Waals surface area contributed by atoms with E-state index in [-0.39, 0.29) is 30.1 Å². The fourth-order valence-corrected chi connectivity index (χ4v) is 2.68. The maximum atomic E-state index is 12.3. The summed E-state index contributed by atoms with van der Waals surface area (Å²) in [5, 5.41) is 0.433. The third-order valence-electron chi connectivity index (χ3n) is 2.89. The highest BCUT2D eigenvalue weighted by atomic mass is 79.9. The molecule has 0 spiro atoms. The molecule has 5 nitrogen and oxygen atoms in total. The number of hydrogen-bond acceptors (Lipinski definition) is 6. The van der Waals surface area contributed by atoms with E-state index in [1.807, 2.05) is 0 Å². The first-order valence-corrected chi connectivity index (χ1v) is 7.72. The summed E-state index contributed by atoms with van der Waals surface area (Å²) >= 11 is 4.48. The molecule has 1 fully saturated rings. The minimum Gasteiger partial charge on any atom is -0.298 e. The summed E-state index contributed by atoms with van der Waals surface area (Å²) in [7, 11) is 0. The number of carbonyl (C=O) groups is 3. The SMILES string of the molecule is CSc1ncc(Br)c(C(=O)C2C(=O)CCCC2=O)n1. The molecule has 1 aliphatic carbocycles. The number of nitrogens with zero attached hydrogens (tertiary/aromatic N) is 2. The molecule has 7 heteroatoms. The Morgan fingerprint density at radius 1 is 1.37 bits per heavy atom. The molecule has 0 atom stereocenters. The third-order valence-corrected chi connectivity index (χ3v) is 4.03. The van der Waals surface area contributed by atoms with Gasteiger partial charge in [0, 0.05) is 19.0 Å². The van der Waals surface area contributed by atoms with Gasteiger partial charge < -0.3 is 0 Å². The van der Waals surface area contributed by atoms with Gasteiger partial charge in [0.05, 0.1) is 4.47 Å². The summed E-state index contributed by atoms with van der Waals surface area (Å²) in [6.45, 7) is 0. The lowest BCUT2D eigenvalue weighted by Crippen LogP contribution is -2.35. The van der Waals surface area contributed by atoms with Gasteiger partial charge >= 0.3 is 0 Å². The van der Waals surface area contributed by atoms with Crippen molar-refractivity contribution in [3.05, 3.63) is 16.4 Å². The van der Waals surface area contributed by atoms with E-state index in [1.54, 1.807) is 6.26 Å². The Morgan fingerprint density at radius 3 is 2.58 bits per heavy atom. The monoisotopic (exact) mass is 342 g/mol. The molecule has 100 valence electrons. The van der Waals surface area contributed by atoms with Gasteiger partial charge in [-0.25, -0.2) is 9.97 Å². The van der Waals surface area contributed by atoms with Crippen LogP contribution in [0.3, 0.4) is 0 Å². The number of halogens is 1. The van der Waals surface area contributed by atoms with E-state index in [0.29, 0.717) is 16.0 Å². The van der Waals surface area contributed by atoms with Crippen LogP contribution in [0.25, 0.3) is 0 Å². The van der Waals surface area contributed by atoms with E-state index in [0.717, 1.165) is 0 Å². The van der Waals surface area contributed by atoms with Crippen molar-refractivity contribution in [3.8, 4) is 0 Å². The van der Waals surface area contributed by atoms with Crippen LogP contribution < -0.4 is 0 Å². The zero-order valence-corrected chi connectivity index (χ0v) is 12.6. The van der Waals surface area contributed by atoms with Crippen LogP contribution >= 0.6 is 27.7 Å². The van der Waals surface area contributed by atoms with Crippen molar-refractivity contribution in [1.82, 2.24) is 9.97 Å². The molecule has 0 unspecified atom stereocenters. The van der Waals surface area contributed by atoms with E-state index in [2.05, 4.69) is 25.9 Å². The Morgan fingerprint density at radius 2 is 2.00 bits per heavy atom. The van der Waals surface area contributed by atoms with Gasteiger partial charge in [-0.1, -0.05) is 11.8 Å². The van der Waals surface area contributed by atoms with Crippen LogP contribution in [0.2, 0.25) is 0 Å². The predicted octanol–water partition coefficient (Wildman–Crippen LogP) is 2.08. The minimum atomic E-state index is -1.19. The fraction of sp³-hybridized carbons (Fsp3) is 0.417. The summed E-state index contributed by atoms with van der Waals surface area (Å²) in [5.41, 5.74) is 0.105. The highest BCUT2D eigenvalue weighted by molar-refractivity contribution is 9.10. The van der Waals surface area contributed by atoms with Gasteiger partial charge in [0.15, 0.2) is 22.5 Å². The largest absolute Gasteiger partial charge is 0.298 e. The molecular weight excluding hydrogens is 332 g/mol. The summed E-state index contributed by atoms with van der Waals surface area (Å²) in [5.74, 6) is -2.33. The highest BCUT2D eigenvalue weighted by Gasteiger charge is 2.38. The van der Waals surface area contributed by atoms with Crippen LogP contribution in [0, 0.1) is 5.92 Å². The number of aromatic nitrogens is 2. The first kappa shape index (κ1) is 14.3. The van der Waals surface area contributed by atoms with Gasteiger partial charge in [-0.2, -0.15) is 0 Å². The lowest BCUT2D eigenvalue weighted by Gasteiger charge is -2.18. The van der Waals surface area contributed by atoms with Crippen LogP contribution in [-0.2, 0) is 9.59 Å². The van der Waals surface area contributed by atoms with Gasteiger partial charge in [0.1, 0.15) is 11.6 Å². The minimum absolute atomic E-state index is 0.105. The zero-order chi connectivity index (χ0) is 14.0. The van der Waals surface area contributed by atoms with Gasteiger partial charge in [-0.15, -0.1) is 0 Å². The predicted molar refractivity (Wildman–Crippen MR) is 73.2 cm³/mol. The Bertz CT molecular complexity index is 546. The molecule has 0 radical (unpaired) electrons. The third kappa shape index (κ3) is 2.92. The van der Waals surface area contributed by atoms with E-state index < -0.39 is 11.7 Å². The molecule has 0 amide bonds. The van der Waals surface area contributed by atoms with Gasteiger partial charge in [0.2, 0.25) is 0 Å². The van der Waals surface area contributed by atoms with Crippen molar-refractivity contribution >= 4 is 45.0 Å². The van der Waals surface area contributed by atoms with E-state index in [1.165, 1.54) is 18.0 Å². The van der Waals surface area contributed by atoms with Gasteiger partial charge in [0.25, 0.3) is 0 Å². The molecule has 0 saturated heterocycles. The second-order valence-electron chi connectivity index (χ2n) is 4.14. The van der Waals surface area contributed by atoms with Crippen LogP contribution in [0.5, 0.6) is 0 Å². The summed E-state index contributed by atoms with van der Waals surface area (Å²) in [4.78, 5) is 44.0. The average Bonchev–Trinajstić information content (AvgIpc) is 2.39. The highest BCUT2D eigenvalue weighted by Crippen LogP contribution is 2.25. The summed E-state index contributed by atoms with van der Waals surface area (Å²) < 4.78 is 0.404. The Kier molecular flexibility index (Phi) is 4.46. The Hall–Kier alpha value is -1.08. The van der Waals surface area contributed by atoms with Crippen molar-refractivity contribution in [3.63, 3.8) is 0 Å². The Balaban J connectivity index is 2.38. The number of hydrogen-bond donors (Lipinski definition) is 0. The first-order chi connectivity index (χ1) is 9.04. The number of rotatable bonds is 3. The van der Waals surface area contributed by atoms with Crippen LogP contribution in [0.15, 0.2) is 15.8 Å². The van der Waals surface area contributed by atoms with Crippen LogP contribution in [0.1, 0.15) is 29.8 Å². The second kappa shape index (κ2) is 5.92. The van der Waals surface area contributed by atoms with Crippen molar-refractivity contribution in [2.45, 2.75) is 24.4 Å². The molecule has 0 aromatic carbocycles. The molecule has 1 heterocycles. The lowest BCUT2D eigenvalue weighted by molar-refractivity contribution is -0.133. The fourth-order valence-electron chi connectivity index (χ4n) is 1.96. The molecule has 0 N–H and O–H groups in total. The molecular formula is C12H11BrN2O3S. The average molecular weight is 343 g/mol. The molecule has 0 bridgehead atoms. The summed E-state index contributed by atoms with van der Waals surface area (Å²) in [6.07, 6.45) is 4.33. The molecule has 19 heavy (non-hydrogen) atoms. The quantitative estimate of drug-likeness (QED) is 0.362. The van der Waals surface area contributed by atoms with E-state index >= 15 is 0 Å².